The molecule has 0 aliphatic carbocycles. The van der Waals surface area contributed by atoms with Crippen molar-refractivity contribution in [2.24, 2.45) is 0 Å². The average molecular weight is 441 g/mol. The molecule has 158 valence electrons. The minimum Gasteiger partial charge on any atom is -0.485 e. The quantitative estimate of drug-likeness (QED) is 0.415. The molecule has 0 saturated carbocycles. The molecule has 0 fully saturated rings. The van der Waals surface area contributed by atoms with Crippen LogP contribution in [0.5, 0.6) is 17.4 Å². The molecule has 0 unspecified atom stereocenters. The van der Waals surface area contributed by atoms with Crippen molar-refractivity contribution in [3.8, 4) is 28.7 Å². The number of benzene rings is 2. The number of halogens is 1. The van der Waals surface area contributed by atoms with E-state index in [1.165, 1.54) is 0 Å². The van der Waals surface area contributed by atoms with E-state index < -0.39 is 11.5 Å². The van der Waals surface area contributed by atoms with Crippen LogP contribution in [-0.2, 0) is 4.74 Å². The Morgan fingerprint density at radius 2 is 2.16 bits per heavy atom. The van der Waals surface area contributed by atoms with Crippen LogP contribution in [0.4, 0.5) is 4.79 Å². The van der Waals surface area contributed by atoms with Crippen molar-refractivity contribution in [3.63, 3.8) is 0 Å². The lowest BCUT2D eigenvalue weighted by atomic mass is 10.1. The molecule has 1 aliphatic heterocycles. The van der Waals surface area contributed by atoms with Crippen molar-refractivity contribution in [2.75, 3.05) is 20.3 Å². The zero-order valence-electron chi connectivity index (χ0n) is 16.7. The van der Waals surface area contributed by atoms with Gasteiger partial charge in [-0.15, -0.1) is 0 Å². The van der Waals surface area contributed by atoms with Gasteiger partial charge in [-0.2, -0.15) is 0 Å². The Kier molecular flexibility index (Phi) is 4.78. The highest BCUT2D eigenvalue weighted by Gasteiger charge is 2.26. The van der Waals surface area contributed by atoms with Crippen LogP contribution >= 0.6 is 11.6 Å². The summed E-state index contributed by atoms with van der Waals surface area (Å²) in [7, 11) is 1.56. The smallest absolute Gasteiger partial charge is 0.403 e. The summed E-state index contributed by atoms with van der Waals surface area (Å²) >= 11 is 5.22. The monoisotopic (exact) mass is 440 g/mol. The van der Waals surface area contributed by atoms with Crippen molar-refractivity contribution >= 4 is 39.0 Å². The first-order valence-electron chi connectivity index (χ1n) is 9.52. The third kappa shape index (κ3) is 3.59. The molecule has 0 amide bonds. The highest BCUT2D eigenvalue weighted by molar-refractivity contribution is 6.61. The molecule has 0 radical (unpaired) electrons. The summed E-state index contributed by atoms with van der Waals surface area (Å²) in [5.41, 5.74) is 3.03. The van der Waals surface area contributed by atoms with Crippen molar-refractivity contribution in [1.29, 1.82) is 0 Å². The average Bonchev–Trinajstić information content (AvgIpc) is 3.21. The number of methoxy groups -OCH3 is 1. The lowest BCUT2D eigenvalue weighted by Gasteiger charge is -2.26. The molecule has 0 saturated heterocycles. The third-order valence-corrected chi connectivity index (χ3v) is 5.06. The van der Waals surface area contributed by atoms with Gasteiger partial charge in [0.05, 0.1) is 29.7 Å². The lowest BCUT2D eigenvalue weighted by Crippen LogP contribution is -2.33. The first kappa shape index (κ1) is 19.4. The van der Waals surface area contributed by atoms with E-state index in [9.17, 15) is 4.79 Å². The van der Waals surface area contributed by atoms with Crippen LogP contribution < -0.4 is 14.2 Å². The van der Waals surface area contributed by atoms with Gasteiger partial charge < -0.3 is 23.4 Å². The Morgan fingerprint density at radius 1 is 1.29 bits per heavy atom. The highest BCUT2D eigenvalue weighted by atomic mass is 35.5. The molecule has 1 aliphatic rings. The Bertz CT molecular complexity index is 1320. The molecule has 0 bridgehead atoms. The fourth-order valence-corrected chi connectivity index (χ4v) is 3.67. The summed E-state index contributed by atoms with van der Waals surface area (Å²) in [5, 5.41) is 0.774. The van der Waals surface area contributed by atoms with Crippen LogP contribution in [0.3, 0.4) is 0 Å². The minimum atomic E-state index is -0.879. The largest absolute Gasteiger partial charge is 0.485 e. The maximum absolute atomic E-state index is 10.8. The Balaban J connectivity index is 1.55. The van der Waals surface area contributed by atoms with Gasteiger partial charge in [0.1, 0.15) is 24.6 Å². The van der Waals surface area contributed by atoms with Gasteiger partial charge in [0.25, 0.3) is 0 Å². The Morgan fingerprint density at radius 3 is 2.97 bits per heavy atom. The fourth-order valence-electron chi connectivity index (χ4n) is 3.61. The number of aryl methyl sites for hydroxylation is 1. The van der Waals surface area contributed by atoms with Crippen LogP contribution in [0.1, 0.15) is 5.56 Å². The molecule has 1 atom stereocenters. The second kappa shape index (κ2) is 7.63. The van der Waals surface area contributed by atoms with Crippen LogP contribution in [-0.4, -0.2) is 41.8 Å². The van der Waals surface area contributed by atoms with E-state index in [4.69, 9.17) is 35.0 Å². The van der Waals surface area contributed by atoms with E-state index in [0.29, 0.717) is 39.8 Å². The lowest BCUT2D eigenvalue weighted by molar-refractivity contribution is 0.0412. The van der Waals surface area contributed by atoms with Crippen LogP contribution in [0.2, 0.25) is 0 Å². The van der Waals surface area contributed by atoms with E-state index in [-0.39, 0.29) is 13.2 Å². The third-order valence-electron chi connectivity index (χ3n) is 4.95. The van der Waals surface area contributed by atoms with Crippen molar-refractivity contribution in [1.82, 2.24) is 9.97 Å². The fraction of sp³-hybridized carbons (Fsp3) is 0.227. The second-order valence-electron chi connectivity index (χ2n) is 7.11. The Hall–Kier alpha value is -3.52. The molecule has 9 heteroatoms. The number of rotatable bonds is 4. The van der Waals surface area contributed by atoms with Crippen LogP contribution in [0.25, 0.3) is 33.3 Å². The van der Waals surface area contributed by atoms with E-state index in [1.807, 2.05) is 31.2 Å². The molecule has 5 rings (SSSR count). The topological polar surface area (TPSA) is 92.9 Å². The molecule has 2 aromatic heterocycles. The number of hydrogen-bond donors (Lipinski definition) is 0. The van der Waals surface area contributed by atoms with E-state index in [1.54, 1.807) is 19.4 Å². The zero-order valence-corrected chi connectivity index (χ0v) is 17.4. The van der Waals surface area contributed by atoms with Gasteiger partial charge in [0.2, 0.25) is 5.88 Å². The molecule has 0 spiro atoms. The summed E-state index contributed by atoms with van der Waals surface area (Å²) in [6.45, 7) is 2.21. The van der Waals surface area contributed by atoms with Gasteiger partial charge in [-0.1, -0.05) is 0 Å². The molecule has 0 N–H and O–H groups in total. The van der Waals surface area contributed by atoms with E-state index in [2.05, 4.69) is 9.97 Å². The van der Waals surface area contributed by atoms with Gasteiger partial charge in [0.15, 0.2) is 17.6 Å². The van der Waals surface area contributed by atoms with Crippen molar-refractivity contribution in [3.05, 3.63) is 42.1 Å². The normalized spacial score (nSPS) is 15.3. The minimum absolute atomic E-state index is 0.00780. The summed E-state index contributed by atoms with van der Waals surface area (Å²) < 4.78 is 27.9. The van der Waals surface area contributed by atoms with Gasteiger partial charge in [-0.25, -0.2) is 14.8 Å². The number of furan rings is 1. The molecule has 3 heterocycles. The number of aromatic nitrogens is 2. The van der Waals surface area contributed by atoms with Gasteiger partial charge in [-0.05, 0) is 42.8 Å². The second-order valence-corrected chi connectivity index (χ2v) is 7.42. The maximum atomic E-state index is 10.8. The first-order chi connectivity index (χ1) is 15.0. The maximum Gasteiger partial charge on any atom is 0.403 e. The van der Waals surface area contributed by atoms with Gasteiger partial charge >= 0.3 is 5.43 Å². The summed E-state index contributed by atoms with van der Waals surface area (Å²) in [5.74, 6) is 2.20. The number of fused-ring (bicyclic) bond motifs is 4. The predicted molar refractivity (Wildman–Crippen MR) is 113 cm³/mol. The number of hydrogen-bond acceptors (Lipinski definition) is 8. The molecule has 8 nitrogen and oxygen atoms in total. The number of ether oxygens (including phenoxy) is 4. The number of carbonyl (C=O) groups excluding carboxylic acids is 1. The van der Waals surface area contributed by atoms with Crippen molar-refractivity contribution < 1.29 is 28.2 Å². The molecule has 2 aromatic carbocycles. The van der Waals surface area contributed by atoms with E-state index in [0.717, 1.165) is 16.5 Å². The molecular weight excluding hydrogens is 424 g/mol. The zero-order chi connectivity index (χ0) is 21.5. The summed E-state index contributed by atoms with van der Waals surface area (Å²) in [6, 6.07) is 9.42. The Labute approximate surface area is 181 Å². The van der Waals surface area contributed by atoms with Gasteiger partial charge in [0, 0.05) is 17.2 Å². The molecular formula is C22H17ClN2O6. The van der Waals surface area contributed by atoms with Crippen LogP contribution in [0, 0.1) is 6.92 Å². The summed E-state index contributed by atoms with van der Waals surface area (Å²) in [4.78, 5) is 19.8. The predicted octanol–water partition coefficient (Wildman–Crippen LogP) is 4.88. The summed E-state index contributed by atoms with van der Waals surface area (Å²) in [6.07, 6.45) is 1.14. The highest BCUT2D eigenvalue weighted by Crippen LogP contribution is 2.43. The van der Waals surface area contributed by atoms with Gasteiger partial charge in [-0.3, -0.25) is 0 Å². The standard InChI is InChI=1S/C22H17ClN2O6/c1-11-5-13(20-15(6-11)25-19(27-2)8-24-20)18-7-14-16(31-18)3-4-17-21(14)28-9-12(30-17)10-29-22(23)26/h3-8,12H,9-10H2,1-2H3/t12-/m1/s1. The molecule has 4 aromatic rings. The SMILES string of the molecule is COc1cnc2c(-c3cc4c5c(ccc4o3)O[C@@H](COC(=O)Cl)CO5)cc(C)cc2n1. The molecule has 31 heavy (non-hydrogen) atoms. The first-order valence-corrected chi connectivity index (χ1v) is 9.89. The number of carbonyl (C=O) groups is 1. The number of nitrogens with zero attached hydrogens (tertiary/aromatic N) is 2. The van der Waals surface area contributed by atoms with Crippen molar-refractivity contribution in [2.45, 2.75) is 13.0 Å². The van der Waals surface area contributed by atoms with E-state index >= 15 is 0 Å². The van der Waals surface area contributed by atoms with Crippen LogP contribution in [0.15, 0.2) is 40.9 Å².